The molecule has 0 spiro atoms. The molecule has 3 saturated carbocycles. The highest BCUT2D eigenvalue weighted by atomic mass is 16.7. The molecule has 0 bridgehead atoms. The molecule has 0 radical (unpaired) electrons. The summed E-state index contributed by atoms with van der Waals surface area (Å²) in [7, 11) is 3.07. The summed E-state index contributed by atoms with van der Waals surface area (Å²) < 4.78 is 54.8. The third-order valence-corrected chi connectivity index (χ3v) is 16.7. The molecule has 4 aliphatic carbocycles. The lowest BCUT2D eigenvalue weighted by Crippen LogP contribution is -2.62. The number of methoxy groups -OCH3 is 2. The number of hydrogen-bond acceptors (Lipinski definition) is 16. The van der Waals surface area contributed by atoms with Crippen molar-refractivity contribution in [1.29, 1.82) is 0 Å². The van der Waals surface area contributed by atoms with Gasteiger partial charge in [-0.05, 0) is 109 Å². The first-order chi connectivity index (χ1) is 29.3. The van der Waals surface area contributed by atoms with Gasteiger partial charge in [-0.25, -0.2) is 4.79 Å². The van der Waals surface area contributed by atoms with Gasteiger partial charge >= 0.3 is 5.97 Å². The fraction of sp³-hybridized carbons (Fsp3) is 0.891. The number of ether oxygens (including phenoxy) is 9. The van der Waals surface area contributed by atoms with E-state index in [1.807, 2.05) is 13.8 Å². The van der Waals surface area contributed by atoms with Crippen LogP contribution in [0.4, 0.5) is 0 Å². The van der Waals surface area contributed by atoms with Crippen molar-refractivity contribution in [3.05, 3.63) is 23.3 Å². The Morgan fingerprint density at radius 2 is 1.60 bits per heavy atom. The van der Waals surface area contributed by atoms with Crippen molar-refractivity contribution in [2.24, 2.45) is 28.6 Å². The first-order valence-corrected chi connectivity index (χ1v) is 22.9. The van der Waals surface area contributed by atoms with Gasteiger partial charge in [-0.3, -0.25) is 0 Å². The van der Waals surface area contributed by atoms with Gasteiger partial charge in [0, 0.05) is 31.6 Å². The third-order valence-electron chi connectivity index (χ3n) is 16.7. The Labute approximate surface area is 366 Å². The van der Waals surface area contributed by atoms with E-state index in [0.717, 1.165) is 44.9 Å². The Balaban J connectivity index is 0.957. The molecular formula is C46H74O16. The molecule has 7 aliphatic rings. The quantitative estimate of drug-likeness (QED) is 0.0943. The van der Waals surface area contributed by atoms with Crippen LogP contribution in [-0.4, -0.2) is 161 Å². The molecule has 0 aromatic heterocycles. The SMILES string of the molecule is C/C=C(\C)C(=O)O[C@H]1[C@H](OC)[C@@H](O)[C@H](O[C@@H]2[C@@H](C)O[C@@H](O[C@H]3CC[C@@]4(C)C(=CC[C@@H]5[C@@H]4CC[C@]4(C)[C@@H]([C@H](C)O[C@@H]6O[C@H](CO)[C@@H](O)[C@H](O)[C@H]6O)CC[C@]54O)C3)C[C@H]2OC)O[C@@H]1C. The van der Waals surface area contributed by atoms with Gasteiger partial charge < -0.3 is 73.3 Å². The number of carbonyl (C=O) groups is 1. The number of esters is 1. The van der Waals surface area contributed by atoms with Crippen molar-refractivity contribution < 1.29 is 78.1 Å². The number of aliphatic hydroxyl groups is 6. The maximum Gasteiger partial charge on any atom is 0.333 e. The van der Waals surface area contributed by atoms with Gasteiger partial charge in [0.05, 0.1) is 42.7 Å². The van der Waals surface area contributed by atoms with Crippen molar-refractivity contribution in [2.45, 2.75) is 210 Å². The van der Waals surface area contributed by atoms with Gasteiger partial charge in [0.2, 0.25) is 0 Å². The molecule has 7 rings (SSSR count). The minimum atomic E-state index is -1.52. The molecule has 16 heteroatoms. The Morgan fingerprint density at radius 3 is 2.27 bits per heavy atom. The van der Waals surface area contributed by atoms with Crippen LogP contribution in [0.5, 0.6) is 0 Å². The predicted octanol–water partition coefficient (Wildman–Crippen LogP) is 2.80. The number of hydrogen-bond donors (Lipinski definition) is 6. The maximum absolute atomic E-state index is 12.8. The van der Waals surface area contributed by atoms with Crippen LogP contribution in [0, 0.1) is 28.6 Å². The highest BCUT2D eigenvalue weighted by molar-refractivity contribution is 5.87. The Bertz CT molecular complexity index is 1620. The summed E-state index contributed by atoms with van der Waals surface area (Å²) >= 11 is 0. The van der Waals surface area contributed by atoms with Gasteiger partial charge in [-0.15, -0.1) is 0 Å². The maximum atomic E-state index is 12.8. The Hall–Kier alpha value is -1.61. The largest absolute Gasteiger partial charge is 0.453 e. The minimum Gasteiger partial charge on any atom is -0.453 e. The standard InChI is InChI=1S/C46H74O16/c1-10-22(2)41(52)61-39-25(5)58-43(37(51)40(39)55-9)62-38-24(4)56-33(20-31(38)54-8)59-27-13-16-44(6)26(19-27)11-12-30-29(44)14-17-45(7)28(15-18-46(30,45)53)23(3)57-42-36(50)35(49)34(48)32(21-47)60-42/h10-11,23-25,27-40,42-43,47-51,53H,12-21H2,1-9H3/b22-10+/t23-,24+,25+,27-,28+,29-,30+,31+,32+,33-,34+,35-,36+,37+,38+,39+,40+,42+,43-,44-,45+,46-/m0/s1. The van der Waals surface area contributed by atoms with E-state index >= 15 is 0 Å². The monoisotopic (exact) mass is 882 g/mol. The smallest absolute Gasteiger partial charge is 0.333 e. The first kappa shape index (κ1) is 48.3. The zero-order chi connectivity index (χ0) is 45.1. The lowest BCUT2D eigenvalue weighted by molar-refractivity contribution is -0.343. The average molecular weight is 883 g/mol. The zero-order valence-electron chi connectivity index (χ0n) is 38.0. The first-order valence-electron chi connectivity index (χ1n) is 22.9. The van der Waals surface area contributed by atoms with E-state index in [1.54, 1.807) is 34.0 Å². The number of allylic oxidation sites excluding steroid dienone is 2. The van der Waals surface area contributed by atoms with Crippen LogP contribution in [-0.2, 0) is 47.4 Å². The zero-order valence-corrected chi connectivity index (χ0v) is 38.0. The Kier molecular flexibility index (Phi) is 14.8. The molecule has 0 aromatic carbocycles. The van der Waals surface area contributed by atoms with Crippen LogP contribution in [0.25, 0.3) is 0 Å². The molecule has 3 heterocycles. The van der Waals surface area contributed by atoms with E-state index in [0.29, 0.717) is 24.3 Å². The minimum absolute atomic E-state index is 0.0375. The van der Waals surface area contributed by atoms with E-state index in [9.17, 15) is 35.4 Å². The van der Waals surface area contributed by atoms with Crippen LogP contribution < -0.4 is 0 Å². The molecule has 6 fully saturated rings. The molecular weight excluding hydrogens is 808 g/mol. The van der Waals surface area contributed by atoms with Gasteiger partial charge in [-0.1, -0.05) is 31.6 Å². The van der Waals surface area contributed by atoms with Gasteiger partial charge in [-0.2, -0.15) is 0 Å². The summed E-state index contributed by atoms with van der Waals surface area (Å²) in [6.07, 6.45) is -3.11. The summed E-state index contributed by atoms with van der Waals surface area (Å²) in [5.74, 6) is -0.190. The highest BCUT2D eigenvalue weighted by Crippen LogP contribution is 2.68. The van der Waals surface area contributed by atoms with Gasteiger partial charge in [0.1, 0.15) is 42.7 Å². The highest BCUT2D eigenvalue weighted by Gasteiger charge is 2.67. The fourth-order valence-corrected chi connectivity index (χ4v) is 12.7. The van der Waals surface area contributed by atoms with E-state index in [1.165, 1.54) is 12.7 Å². The lowest BCUT2D eigenvalue weighted by atomic mass is 9.45. The summed E-state index contributed by atoms with van der Waals surface area (Å²) in [5, 5.41) is 65.1. The number of fused-ring (bicyclic) bond motifs is 5. The van der Waals surface area contributed by atoms with Crippen molar-refractivity contribution in [2.75, 3.05) is 20.8 Å². The van der Waals surface area contributed by atoms with E-state index in [4.69, 9.17) is 42.6 Å². The average Bonchev–Trinajstić information content (AvgIpc) is 3.53. The van der Waals surface area contributed by atoms with E-state index < -0.39 is 116 Å². The van der Waals surface area contributed by atoms with Crippen LogP contribution in [0.15, 0.2) is 23.3 Å². The second-order valence-electron chi connectivity index (χ2n) is 19.8. The third kappa shape index (κ3) is 8.50. The summed E-state index contributed by atoms with van der Waals surface area (Å²) in [4.78, 5) is 12.6. The lowest BCUT2D eigenvalue weighted by Gasteiger charge is -2.61. The predicted molar refractivity (Wildman–Crippen MR) is 221 cm³/mol. The van der Waals surface area contributed by atoms with Crippen molar-refractivity contribution >= 4 is 5.97 Å². The molecule has 3 aliphatic heterocycles. The van der Waals surface area contributed by atoms with Crippen molar-refractivity contribution in [1.82, 2.24) is 0 Å². The van der Waals surface area contributed by atoms with Crippen molar-refractivity contribution in [3.8, 4) is 0 Å². The van der Waals surface area contributed by atoms with Crippen LogP contribution in [0.2, 0.25) is 0 Å². The summed E-state index contributed by atoms with van der Waals surface area (Å²) in [6, 6.07) is 0. The molecule has 0 amide bonds. The molecule has 3 saturated heterocycles. The van der Waals surface area contributed by atoms with Crippen LogP contribution in [0.1, 0.15) is 106 Å². The molecule has 6 N–H and O–H groups in total. The number of rotatable bonds is 12. The molecule has 0 aromatic rings. The van der Waals surface area contributed by atoms with Crippen LogP contribution in [0.3, 0.4) is 0 Å². The summed E-state index contributed by atoms with van der Waals surface area (Å²) in [5.41, 5.74) is 0.345. The molecule has 354 valence electrons. The van der Waals surface area contributed by atoms with Gasteiger partial charge in [0.25, 0.3) is 0 Å². The molecule has 0 unspecified atom stereocenters. The fourth-order valence-electron chi connectivity index (χ4n) is 12.7. The summed E-state index contributed by atoms with van der Waals surface area (Å²) in [6.45, 7) is 13.0. The normalized spacial score (nSPS) is 50.2. The second-order valence-corrected chi connectivity index (χ2v) is 19.8. The van der Waals surface area contributed by atoms with Crippen LogP contribution >= 0.6 is 0 Å². The Morgan fingerprint density at radius 1 is 0.871 bits per heavy atom. The topological polar surface area (TPSA) is 222 Å². The number of aliphatic hydroxyl groups excluding tert-OH is 5. The van der Waals surface area contributed by atoms with Crippen molar-refractivity contribution in [3.63, 3.8) is 0 Å². The second kappa shape index (κ2) is 18.9. The van der Waals surface area contributed by atoms with E-state index in [-0.39, 0.29) is 23.4 Å². The molecule has 22 atom stereocenters. The van der Waals surface area contributed by atoms with Gasteiger partial charge in [0.15, 0.2) is 25.0 Å². The van der Waals surface area contributed by atoms with E-state index in [2.05, 4.69) is 19.9 Å². The molecule has 62 heavy (non-hydrogen) atoms. The number of carbonyl (C=O) groups excluding carboxylic acids is 1. The molecule has 16 nitrogen and oxygen atoms in total.